The molecule has 1 heterocycles. The predicted molar refractivity (Wildman–Crippen MR) is 71.2 cm³/mol. The summed E-state index contributed by atoms with van der Waals surface area (Å²) in [7, 11) is 1.99. The topological polar surface area (TPSA) is 38.0 Å². The summed E-state index contributed by atoms with van der Waals surface area (Å²) in [5, 5.41) is 14.9. The lowest BCUT2D eigenvalue weighted by atomic mass is 10.0. The first kappa shape index (κ1) is 12.2. The van der Waals surface area contributed by atoms with Crippen molar-refractivity contribution in [3.8, 4) is 0 Å². The minimum absolute atomic E-state index is 0.154. The summed E-state index contributed by atoms with van der Waals surface area (Å²) in [4.78, 5) is 0. The number of aliphatic hydroxyl groups is 1. The first-order valence-electron chi connectivity index (χ1n) is 7.40. The van der Waals surface area contributed by atoms with E-state index < -0.39 is 0 Å². The van der Waals surface area contributed by atoms with E-state index in [4.69, 9.17) is 0 Å². The zero-order valence-electron chi connectivity index (χ0n) is 11.5. The summed E-state index contributed by atoms with van der Waals surface area (Å²) < 4.78 is 1.94. The van der Waals surface area contributed by atoms with Crippen molar-refractivity contribution in [1.29, 1.82) is 0 Å². The molecule has 3 nitrogen and oxygen atoms in total. The van der Waals surface area contributed by atoms with Gasteiger partial charge in [-0.15, -0.1) is 0 Å². The summed E-state index contributed by atoms with van der Waals surface area (Å²) in [6.45, 7) is 2.12. The van der Waals surface area contributed by atoms with Gasteiger partial charge in [0.15, 0.2) is 0 Å². The first-order chi connectivity index (χ1) is 8.70. The lowest BCUT2D eigenvalue weighted by Crippen LogP contribution is -2.17. The Labute approximate surface area is 109 Å². The molecule has 1 N–H and O–H groups in total. The molecule has 1 aromatic heterocycles. The van der Waals surface area contributed by atoms with Crippen molar-refractivity contribution in [2.24, 2.45) is 24.8 Å². The highest BCUT2D eigenvalue weighted by atomic mass is 16.3. The average molecular weight is 248 g/mol. The van der Waals surface area contributed by atoms with Gasteiger partial charge >= 0.3 is 0 Å². The van der Waals surface area contributed by atoms with Crippen molar-refractivity contribution in [1.82, 2.24) is 9.78 Å². The lowest BCUT2D eigenvalue weighted by molar-refractivity contribution is 0.138. The average Bonchev–Trinajstić information content (AvgIpc) is 3.01. The monoisotopic (exact) mass is 248 g/mol. The summed E-state index contributed by atoms with van der Waals surface area (Å²) >= 11 is 0. The summed E-state index contributed by atoms with van der Waals surface area (Å²) in [6, 6.07) is 2.15. The third-order valence-electron chi connectivity index (χ3n) is 4.97. The SMILES string of the molecule is CCc1cc(CC(O)C2C3CCCCC32)n(C)n1. The highest BCUT2D eigenvalue weighted by molar-refractivity contribution is 5.13. The number of fused-ring (bicyclic) bond motifs is 1. The fourth-order valence-electron chi connectivity index (χ4n) is 3.90. The molecule has 0 saturated heterocycles. The molecule has 18 heavy (non-hydrogen) atoms. The van der Waals surface area contributed by atoms with Crippen LogP contribution in [0.2, 0.25) is 0 Å². The van der Waals surface area contributed by atoms with Crippen LogP contribution >= 0.6 is 0 Å². The molecule has 0 bridgehead atoms. The summed E-state index contributed by atoms with van der Waals surface area (Å²) in [5.41, 5.74) is 2.32. The Hall–Kier alpha value is -0.830. The Balaban J connectivity index is 1.64. The van der Waals surface area contributed by atoms with Crippen molar-refractivity contribution in [2.45, 2.75) is 51.6 Å². The van der Waals surface area contributed by atoms with Crippen LogP contribution in [0.4, 0.5) is 0 Å². The third kappa shape index (κ3) is 2.09. The number of aromatic nitrogens is 2. The Morgan fingerprint density at radius 1 is 1.39 bits per heavy atom. The van der Waals surface area contributed by atoms with E-state index in [2.05, 4.69) is 18.1 Å². The molecule has 0 radical (unpaired) electrons. The number of aliphatic hydroxyl groups excluding tert-OH is 1. The molecule has 0 amide bonds. The van der Waals surface area contributed by atoms with E-state index in [-0.39, 0.29) is 6.10 Å². The molecular formula is C15H24N2O. The molecule has 2 aliphatic rings. The van der Waals surface area contributed by atoms with Gasteiger partial charge in [0.05, 0.1) is 11.8 Å². The van der Waals surface area contributed by atoms with Crippen LogP contribution in [0, 0.1) is 17.8 Å². The van der Waals surface area contributed by atoms with Crippen molar-refractivity contribution in [2.75, 3.05) is 0 Å². The summed E-state index contributed by atoms with van der Waals surface area (Å²) in [6.07, 6.45) is 7.03. The van der Waals surface area contributed by atoms with Gasteiger partial charge in [-0.25, -0.2) is 0 Å². The maximum absolute atomic E-state index is 10.4. The van der Waals surface area contributed by atoms with E-state index >= 15 is 0 Å². The first-order valence-corrected chi connectivity index (χ1v) is 7.40. The number of rotatable bonds is 4. The predicted octanol–water partition coefficient (Wildman–Crippen LogP) is 2.32. The molecule has 3 rings (SSSR count). The molecule has 2 fully saturated rings. The normalized spacial score (nSPS) is 32.1. The molecular weight excluding hydrogens is 224 g/mol. The second kappa shape index (κ2) is 4.69. The molecule has 2 aliphatic carbocycles. The Kier molecular flexibility index (Phi) is 3.18. The van der Waals surface area contributed by atoms with E-state index in [1.807, 2.05) is 11.7 Å². The van der Waals surface area contributed by atoms with Gasteiger partial charge in [-0.05, 0) is 43.1 Å². The van der Waals surface area contributed by atoms with Crippen LogP contribution in [-0.4, -0.2) is 21.0 Å². The molecule has 3 heteroatoms. The van der Waals surface area contributed by atoms with E-state index in [0.717, 1.165) is 30.4 Å². The van der Waals surface area contributed by atoms with Crippen LogP contribution < -0.4 is 0 Å². The fraction of sp³-hybridized carbons (Fsp3) is 0.800. The van der Waals surface area contributed by atoms with Crippen LogP contribution in [0.1, 0.15) is 44.0 Å². The zero-order valence-corrected chi connectivity index (χ0v) is 11.5. The molecule has 3 atom stereocenters. The van der Waals surface area contributed by atoms with Crippen LogP contribution in [0.15, 0.2) is 6.07 Å². The van der Waals surface area contributed by atoms with E-state index in [0.29, 0.717) is 5.92 Å². The highest BCUT2D eigenvalue weighted by Gasteiger charge is 2.53. The maximum Gasteiger partial charge on any atom is 0.0629 e. The van der Waals surface area contributed by atoms with Gasteiger partial charge in [-0.2, -0.15) is 5.10 Å². The Bertz CT molecular complexity index is 414. The smallest absolute Gasteiger partial charge is 0.0629 e. The van der Waals surface area contributed by atoms with Crippen LogP contribution in [0.3, 0.4) is 0 Å². The van der Waals surface area contributed by atoms with E-state index in [9.17, 15) is 5.11 Å². The zero-order chi connectivity index (χ0) is 12.7. The standard InChI is InChI=1S/C15H24N2O/c1-3-10-8-11(17(2)16-10)9-14(18)15-12-6-4-5-7-13(12)15/h8,12-15,18H,3-7,9H2,1-2H3. The molecule has 100 valence electrons. The Morgan fingerprint density at radius 2 is 2.06 bits per heavy atom. The molecule has 0 aliphatic heterocycles. The van der Waals surface area contributed by atoms with Gasteiger partial charge in [0.1, 0.15) is 0 Å². The van der Waals surface area contributed by atoms with Gasteiger partial charge in [-0.1, -0.05) is 19.8 Å². The Morgan fingerprint density at radius 3 is 2.61 bits per heavy atom. The largest absolute Gasteiger partial charge is 0.392 e. The van der Waals surface area contributed by atoms with Crippen LogP contribution in [0.25, 0.3) is 0 Å². The molecule has 0 spiro atoms. The van der Waals surface area contributed by atoms with Gasteiger partial charge in [0.25, 0.3) is 0 Å². The number of hydrogen-bond acceptors (Lipinski definition) is 2. The fourth-order valence-corrected chi connectivity index (χ4v) is 3.90. The quantitative estimate of drug-likeness (QED) is 0.888. The van der Waals surface area contributed by atoms with Gasteiger partial charge in [0, 0.05) is 19.2 Å². The molecule has 0 aromatic carbocycles. The van der Waals surface area contributed by atoms with Crippen molar-refractivity contribution in [3.63, 3.8) is 0 Å². The third-order valence-corrected chi connectivity index (χ3v) is 4.97. The van der Waals surface area contributed by atoms with Crippen LogP contribution in [0.5, 0.6) is 0 Å². The van der Waals surface area contributed by atoms with E-state index in [1.54, 1.807) is 0 Å². The lowest BCUT2D eigenvalue weighted by Gasteiger charge is -2.10. The second-order valence-electron chi connectivity index (χ2n) is 6.07. The minimum Gasteiger partial charge on any atom is -0.392 e. The number of aryl methyl sites for hydroxylation is 2. The molecule has 2 saturated carbocycles. The minimum atomic E-state index is -0.154. The maximum atomic E-state index is 10.4. The van der Waals surface area contributed by atoms with Crippen molar-refractivity contribution < 1.29 is 5.11 Å². The number of hydrogen-bond donors (Lipinski definition) is 1. The second-order valence-corrected chi connectivity index (χ2v) is 6.07. The van der Waals surface area contributed by atoms with Gasteiger partial charge < -0.3 is 5.11 Å². The molecule has 3 unspecified atom stereocenters. The van der Waals surface area contributed by atoms with Crippen LogP contribution in [-0.2, 0) is 19.9 Å². The summed E-state index contributed by atoms with van der Waals surface area (Å²) in [5.74, 6) is 2.23. The highest BCUT2D eigenvalue weighted by Crippen LogP contribution is 2.57. The van der Waals surface area contributed by atoms with Crippen molar-refractivity contribution in [3.05, 3.63) is 17.5 Å². The van der Waals surface area contributed by atoms with Crippen molar-refractivity contribution >= 4 is 0 Å². The van der Waals surface area contributed by atoms with E-state index in [1.165, 1.54) is 31.4 Å². The van der Waals surface area contributed by atoms with Gasteiger partial charge in [-0.3, -0.25) is 4.68 Å². The number of nitrogens with zero attached hydrogens (tertiary/aromatic N) is 2. The molecule has 1 aromatic rings. The van der Waals surface area contributed by atoms with Gasteiger partial charge in [0.2, 0.25) is 0 Å².